The summed E-state index contributed by atoms with van der Waals surface area (Å²) in [4.78, 5) is 34.3. The molecule has 1 fully saturated rings. The number of carbonyl (C=O) groups is 1. The monoisotopic (exact) mass is 424 g/mol. The van der Waals surface area contributed by atoms with Crippen LogP contribution in [0.1, 0.15) is 42.9 Å². The van der Waals surface area contributed by atoms with Crippen molar-refractivity contribution in [3.8, 4) is 0 Å². The molecule has 1 amide bonds. The lowest BCUT2D eigenvalue weighted by atomic mass is 10.1. The number of pyridine rings is 1. The number of carbonyl (C=O) groups excluding carboxylic acids is 1. The Labute approximate surface area is 178 Å². The van der Waals surface area contributed by atoms with Crippen LogP contribution in [0.5, 0.6) is 0 Å². The standard InChI is InChI=1S/C22H24N4O3S/c1-30-21-23-12-16-11-17(13-24-22(28)29-14-15-7-3-2-4-8-15)20(27)26(19(16)25-21)18-9-5-6-10-18/h2-4,7-8,11-12,18H,5-6,9-10,13-14H2,1H3,(H,24,28). The molecule has 1 saturated carbocycles. The lowest BCUT2D eigenvalue weighted by Gasteiger charge is -2.18. The molecule has 1 aliphatic rings. The Morgan fingerprint density at radius 2 is 2.03 bits per heavy atom. The first kappa shape index (κ1) is 20.4. The summed E-state index contributed by atoms with van der Waals surface area (Å²) in [5, 5.41) is 4.14. The van der Waals surface area contributed by atoms with Gasteiger partial charge in [-0.1, -0.05) is 54.9 Å². The highest BCUT2D eigenvalue weighted by Gasteiger charge is 2.23. The molecular formula is C22H24N4O3S. The van der Waals surface area contributed by atoms with E-state index in [1.165, 1.54) is 11.8 Å². The summed E-state index contributed by atoms with van der Waals surface area (Å²) in [5.74, 6) is 0. The van der Waals surface area contributed by atoms with Gasteiger partial charge in [-0.25, -0.2) is 14.8 Å². The zero-order chi connectivity index (χ0) is 20.9. The quantitative estimate of drug-likeness (QED) is 0.474. The van der Waals surface area contributed by atoms with Crippen molar-refractivity contribution in [3.63, 3.8) is 0 Å². The van der Waals surface area contributed by atoms with E-state index in [9.17, 15) is 9.59 Å². The fourth-order valence-corrected chi connectivity index (χ4v) is 4.17. The molecule has 3 aromatic rings. The van der Waals surface area contributed by atoms with Gasteiger partial charge in [-0.3, -0.25) is 9.36 Å². The number of hydrogen-bond donors (Lipinski definition) is 1. The van der Waals surface area contributed by atoms with Gasteiger partial charge >= 0.3 is 6.09 Å². The predicted octanol–water partition coefficient (Wildman–Crippen LogP) is 4.05. The summed E-state index contributed by atoms with van der Waals surface area (Å²) < 4.78 is 7.05. The Kier molecular flexibility index (Phi) is 6.32. The maximum absolute atomic E-state index is 13.3. The number of benzene rings is 1. The summed E-state index contributed by atoms with van der Waals surface area (Å²) in [5.41, 5.74) is 1.97. The van der Waals surface area contributed by atoms with Crippen molar-refractivity contribution < 1.29 is 9.53 Å². The summed E-state index contributed by atoms with van der Waals surface area (Å²) in [6.07, 6.45) is 7.24. The predicted molar refractivity (Wildman–Crippen MR) is 117 cm³/mol. The SMILES string of the molecule is CSc1ncc2cc(CNC(=O)OCc3ccccc3)c(=O)n(C3CCCC3)c2n1. The second kappa shape index (κ2) is 9.30. The van der Waals surface area contributed by atoms with Gasteiger partial charge in [-0.2, -0.15) is 0 Å². The zero-order valence-electron chi connectivity index (χ0n) is 16.8. The van der Waals surface area contributed by atoms with Gasteiger partial charge in [-0.05, 0) is 30.7 Å². The number of hydrogen-bond acceptors (Lipinski definition) is 6. The molecule has 0 radical (unpaired) electrons. The molecule has 0 spiro atoms. The maximum Gasteiger partial charge on any atom is 0.407 e. The molecule has 0 unspecified atom stereocenters. The number of thioether (sulfide) groups is 1. The van der Waals surface area contributed by atoms with Crippen molar-refractivity contribution >= 4 is 28.9 Å². The Hall–Kier alpha value is -2.87. The van der Waals surface area contributed by atoms with E-state index < -0.39 is 6.09 Å². The molecule has 0 atom stereocenters. The van der Waals surface area contributed by atoms with E-state index in [1.54, 1.807) is 16.8 Å². The van der Waals surface area contributed by atoms with E-state index in [2.05, 4.69) is 15.3 Å². The number of rotatable bonds is 6. The van der Waals surface area contributed by atoms with E-state index in [0.717, 1.165) is 36.6 Å². The first-order valence-corrected chi connectivity index (χ1v) is 11.3. The van der Waals surface area contributed by atoms with Crippen LogP contribution < -0.4 is 10.9 Å². The second-order valence-electron chi connectivity index (χ2n) is 7.33. The van der Waals surface area contributed by atoms with E-state index in [-0.39, 0.29) is 24.8 Å². The molecule has 4 rings (SSSR count). The molecule has 1 N–H and O–H groups in total. The molecule has 0 aliphatic heterocycles. The van der Waals surface area contributed by atoms with Crippen LogP contribution in [0.25, 0.3) is 11.0 Å². The molecule has 0 saturated heterocycles. The van der Waals surface area contributed by atoms with Crippen LogP contribution >= 0.6 is 11.8 Å². The number of nitrogens with one attached hydrogen (secondary N) is 1. The van der Waals surface area contributed by atoms with Gasteiger partial charge in [-0.15, -0.1) is 0 Å². The fourth-order valence-electron chi connectivity index (χ4n) is 3.83. The number of aromatic nitrogens is 3. The van der Waals surface area contributed by atoms with Crippen LogP contribution in [-0.2, 0) is 17.9 Å². The lowest BCUT2D eigenvalue weighted by molar-refractivity contribution is 0.139. The van der Waals surface area contributed by atoms with E-state index >= 15 is 0 Å². The topological polar surface area (TPSA) is 86.1 Å². The average molecular weight is 425 g/mol. The third kappa shape index (κ3) is 4.48. The molecule has 0 bridgehead atoms. The summed E-state index contributed by atoms with van der Waals surface area (Å²) in [6, 6.07) is 11.4. The first-order chi connectivity index (χ1) is 14.7. The molecule has 30 heavy (non-hydrogen) atoms. The van der Waals surface area contributed by atoms with Gasteiger partial charge in [0, 0.05) is 23.2 Å². The minimum absolute atomic E-state index is 0.0966. The number of amides is 1. The van der Waals surface area contributed by atoms with Crippen LogP contribution in [0.3, 0.4) is 0 Å². The zero-order valence-corrected chi connectivity index (χ0v) is 17.7. The normalized spacial score (nSPS) is 14.2. The molecule has 156 valence electrons. The highest BCUT2D eigenvalue weighted by molar-refractivity contribution is 7.98. The Morgan fingerprint density at radius 1 is 1.27 bits per heavy atom. The Bertz CT molecular complexity index is 1090. The van der Waals surface area contributed by atoms with Crippen LogP contribution in [0, 0.1) is 0 Å². The second-order valence-corrected chi connectivity index (χ2v) is 8.11. The highest BCUT2D eigenvalue weighted by Crippen LogP contribution is 2.30. The minimum Gasteiger partial charge on any atom is -0.445 e. The fraction of sp³-hybridized carbons (Fsp3) is 0.364. The molecule has 2 aromatic heterocycles. The van der Waals surface area contributed by atoms with Crippen molar-refractivity contribution in [3.05, 3.63) is 64.1 Å². The van der Waals surface area contributed by atoms with E-state index in [1.807, 2.05) is 36.6 Å². The summed E-state index contributed by atoms with van der Waals surface area (Å²) >= 11 is 1.45. The molecular weight excluding hydrogens is 400 g/mol. The molecule has 1 aliphatic carbocycles. The third-order valence-corrected chi connectivity index (χ3v) is 5.90. The summed E-state index contributed by atoms with van der Waals surface area (Å²) in [7, 11) is 0. The van der Waals surface area contributed by atoms with Gasteiger partial charge in [0.05, 0.1) is 6.54 Å². The summed E-state index contributed by atoms with van der Waals surface area (Å²) in [6.45, 7) is 0.279. The van der Waals surface area contributed by atoms with Crippen molar-refractivity contribution in [1.29, 1.82) is 0 Å². The van der Waals surface area contributed by atoms with Crippen LogP contribution in [0.15, 0.2) is 52.5 Å². The van der Waals surface area contributed by atoms with Gasteiger partial charge in [0.1, 0.15) is 12.3 Å². The van der Waals surface area contributed by atoms with Crippen LogP contribution in [-0.4, -0.2) is 26.9 Å². The molecule has 7 nitrogen and oxygen atoms in total. The Balaban J connectivity index is 1.55. The number of ether oxygens (including phenoxy) is 1. The molecule has 8 heteroatoms. The minimum atomic E-state index is -0.556. The van der Waals surface area contributed by atoms with Gasteiger partial charge in [0.25, 0.3) is 5.56 Å². The largest absolute Gasteiger partial charge is 0.445 e. The van der Waals surface area contributed by atoms with Crippen LogP contribution in [0.2, 0.25) is 0 Å². The molecule has 2 heterocycles. The van der Waals surface area contributed by atoms with Crippen LogP contribution in [0.4, 0.5) is 4.79 Å². The van der Waals surface area contributed by atoms with Crippen molar-refractivity contribution in [1.82, 2.24) is 19.9 Å². The van der Waals surface area contributed by atoms with E-state index in [4.69, 9.17) is 4.74 Å². The van der Waals surface area contributed by atoms with Gasteiger partial charge < -0.3 is 10.1 Å². The highest BCUT2D eigenvalue weighted by atomic mass is 32.2. The van der Waals surface area contributed by atoms with Gasteiger partial charge in [0.15, 0.2) is 5.16 Å². The third-order valence-electron chi connectivity index (χ3n) is 5.33. The van der Waals surface area contributed by atoms with Gasteiger partial charge in [0.2, 0.25) is 0 Å². The van der Waals surface area contributed by atoms with E-state index in [0.29, 0.717) is 16.4 Å². The average Bonchev–Trinajstić information content (AvgIpc) is 3.31. The first-order valence-electron chi connectivity index (χ1n) is 10.1. The van der Waals surface area contributed by atoms with Crippen molar-refractivity contribution in [2.45, 2.75) is 50.0 Å². The number of fused-ring (bicyclic) bond motifs is 1. The van der Waals surface area contributed by atoms with Crippen molar-refractivity contribution in [2.24, 2.45) is 0 Å². The smallest absolute Gasteiger partial charge is 0.407 e. The lowest BCUT2D eigenvalue weighted by Crippen LogP contribution is -2.32. The number of nitrogens with zero attached hydrogens (tertiary/aromatic N) is 3. The maximum atomic E-state index is 13.3. The number of alkyl carbamates (subject to hydrolysis) is 1. The van der Waals surface area contributed by atoms with Crippen molar-refractivity contribution in [2.75, 3.05) is 6.26 Å². The molecule has 1 aromatic carbocycles. The Morgan fingerprint density at radius 3 is 2.77 bits per heavy atom.